The topological polar surface area (TPSA) is 115 Å². The summed E-state index contributed by atoms with van der Waals surface area (Å²) >= 11 is 6.45. The Balaban J connectivity index is 1.38. The SMILES string of the molecule is Cc1nc2c(F)cc(-c3nc(N[C@@H]4C[C@H]5CO[C@H](O5)[C@H]4O)ncc3Cl)cc2n1[C@@H]1CCC[C@@]1(C)O. The molecule has 35 heavy (non-hydrogen) atoms. The van der Waals surface area contributed by atoms with Crippen molar-refractivity contribution in [2.45, 2.75) is 75.7 Å². The van der Waals surface area contributed by atoms with E-state index in [4.69, 9.17) is 21.1 Å². The molecule has 3 aliphatic rings. The van der Waals surface area contributed by atoms with Gasteiger partial charge in [0.25, 0.3) is 0 Å². The highest BCUT2D eigenvalue weighted by molar-refractivity contribution is 6.33. The van der Waals surface area contributed by atoms with Crippen LogP contribution in [-0.4, -0.2) is 66.5 Å². The third-order valence-electron chi connectivity index (χ3n) is 7.43. The molecule has 3 aromatic rings. The number of aryl methyl sites for hydroxylation is 1. The van der Waals surface area contributed by atoms with Gasteiger partial charge in [0.05, 0.1) is 52.8 Å². The van der Waals surface area contributed by atoms with E-state index in [0.717, 1.165) is 12.8 Å². The quantitative estimate of drug-likeness (QED) is 0.496. The Hall–Kier alpha value is -2.37. The highest BCUT2D eigenvalue weighted by Crippen LogP contribution is 2.42. The third-order valence-corrected chi connectivity index (χ3v) is 7.70. The van der Waals surface area contributed by atoms with E-state index in [0.29, 0.717) is 42.0 Å². The lowest BCUT2D eigenvalue weighted by Gasteiger charge is -2.32. The lowest BCUT2D eigenvalue weighted by Crippen LogP contribution is -2.48. The number of aliphatic hydroxyl groups excluding tert-OH is 1. The maximum Gasteiger partial charge on any atom is 0.223 e. The molecule has 0 spiro atoms. The summed E-state index contributed by atoms with van der Waals surface area (Å²) in [6.45, 7) is 4.08. The molecule has 11 heteroatoms. The monoisotopic (exact) mass is 503 g/mol. The van der Waals surface area contributed by atoms with Crippen LogP contribution in [0.2, 0.25) is 5.02 Å². The minimum absolute atomic E-state index is 0.0968. The fourth-order valence-corrected chi connectivity index (χ4v) is 5.87. The maximum atomic E-state index is 15.3. The van der Waals surface area contributed by atoms with Crippen LogP contribution in [0.15, 0.2) is 18.3 Å². The molecule has 2 aromatic heterocycles. The van der Waals surface area contributed by atoms with E-state index in [9.17, 15) is 10.2 Å². The number of nitrogens with zero attached hydrogens (tertiary/aromatic N) is 4. The number of halogens is 2. The lowest BCUT2D eigenvalue weighted by molar-refractivity contribution is -0.156. The normalized spacial score (nSPS) is 32.5. The number of anilines is 1. The number of aromatic nitrogens is 4. The lowest BCUT2D eigenvalue weighted by atomic mass is 10.00. The zero-order valence-electron chi connectivity index (χ0n) is 19.4. The van der Waals surface area contributed by atoms with Crippen molar-refractivity contribution in [1.82, 2.24) is 19.5 Å². The van der Waals surface area contributed by atoms with Gasteiger partial charge in [0, 0.05) is 5.56 Å². The van der Waals surface area contributed by atoms with Crippen molar-refractivity contribution in [1.29, 1.82) is 0 Å². The Morgan fingerprint density at radius 2 is 2.14 bits per heavy atom. The molecular weight excluding hydrogens is 477 g/mol. The fourth-order valence-electron chi connectivity index (χ4n) is 5.67. The van der Waals surface area contributed by atoms with Gasteiger partial charge in [-0.15, -0.1) is 0 Å². The van der Waals surface area contributed by atoms with Crippen LogP contribution in [-0.2, 0) is 9.47 Å². The fraction of sp³-hybridized carbons (Fsp3) is 0.542. The van der Waals surface area contributed by atoms with Gasteiger partial charge in [0.15, 0.2) is 12.1 Å². The van der Waals surface area contributed by atoms with Crippen LogP contribution in [0.3, 0.4) is 0 Å². The molecule has 3 fully saturated rings. The molecule has 0 unspecified atom stereocenters. The number of rotatable bonds is 4. The first kappa shape index (κ1) is 23.1. The summed E-state index contributed by atoms with van der Waals surface area (Å²) in [6, 6.07) is 2.61. The summed E-state index contributed by atoms with van der Waals surface area (Å²) in [7, 11) is 0. The molecule has 186 valence electrons. The van der Waals surface area contributed by atoms with E-state index in [1.165, 1.54) is 12.3 Å². The minimum atomic E-state index is -0.901. The Morgan fingerprint density at radius 3 is 2.91 bits per heavy atom. The van der Waals surface area contributed by atoms with Gasteiger partial charge in [-0.2, -0.15) is 0 Å². The zero-order chi connectivity index (χ0) is 24.5. The van der Waals surface area contributed by atoms with Gasteiger partial charge in [0.1, 0.15) is 17.4 Å². The molecule has 3 N–H and O–H groups in total. The van der Waals surface area contributed by atoms with Crippen molar-refractivity contribution in [3.63, 3.8) is 0 Å². The molecule has 1 saturated carbocycles. The summed E-state index contributed by atoms with van der Waals surface area (Å²) < 4.78 is 28.2. The molecule has 2 aliphatic heterocycles. The van der Waals surface area contributed by atoms with Gasteiger partial charge in [-0.05, 0) is 51.7 Å². The van der Waals surface area contributed by atoms with Gasteiger partial charge >= 0.3 is 0 Å². The van der Waals surface area contributed by atoms with Crippen molar-refractivity contribution in [2.24, 2.45) is 0 Å². The minimum Gasteiger partial charge on any atom is -0.388 e. The predicted molar refractivity (Wildman–Crippen MR) is 127 cm³/mol. The predicted octanol–water partition coefficient (Wildman–Crippen LogP) is 3.36. The Morgan fingerprint density at radius 1 is 1.31 bits per heavy atom. The molecular formula is C24H27ClFN5O4. The number of hydrogen-bond donors (Lipinski definition) is 3. The average Bonchev–Trinajstić information content (AvgIpc) is 3.48. The van der Waals surface area contributed by atoms with Crippen LogP contribution in [0.1, 0.15) is 44.5 Å². The Labute approximate surface area is 206 Å². The molecule has 2 saturated heterocycles. The highest BCUT2D eigenvalue weighted by Gasteiger charge is 2.43. The first-order valence-corrected chi connectivity index (χ1v) is 12.2. The number of benzene rings is 1. The molecule has 0 amide bonds. The Bertz CT molecular complexity index is 1300. The number of ether oxygens (including phenoxy) is 2. The molecule has 2 bridgehead atoms. The third kappa shape index (κ3) is 3.88. The first-order valence-electron chi connectivity index (χ1n) is 11.9. The van der Waals surface area contributed by atoms with Crippen LogP contribution < -0.4 is 5.32 Å². The standard InChI is InChI=1S/C24H27ClFN5O4/c1-11-28-20-15(26)6-12(7-17(20)31(11)18-4-3-5-24(18,2)33)19-14(25)9-27-23(30-19)29-16-8-13-10-34-22(35-13)21(16)32/h6-7,9,13,16,18,21-22,32-33H,3-5,8,10H2,1-2H3,(H,27,29,30)/t13-,16+,18+,21-,22+,24+/m0/s1. The summed E-state index contributed by atoms with van der Waals surface area (Å²) in [5.74, 6) is 0.415. The van der Waals surface area contributed by atoms with Crippen molar-refractivity contribution in [2.75, 3.05) is 11.9 Å². The summed E-state index contributed by atoms with van der Waals surface area (Å²) in [4.78, 5) is 13.3. The average molecular weight is 504 g/mol. The maximum absolute atomic E-state index is 15.3. The second-order valence-corrected chi connectivity index (χ2v) is 10.4. The number of aliphatic hydroxyl groups is 2. The second kappa shape index (κ2) is 8.35. The second-order valence-electron chi connectivity index (χ2n) is 9.95. The smallest absolute Gasteiger partial charge is 0.223 e. The van der Waals surface area contributed by atoms with Crippen LogP contribution in [0.5, 0.6) is 0 Å². The van der Waals surface area contributed by atoms with Crippen molar-refractivity contribution in [3.8, 4) is 11.3 Å². The zero-order valence-corrected chi connectivity index (χ0v) is 20.2. The molecule has 6 rings (SSSR count). The molecule has 4 heterocycles. The van der Waals surface area contributed by atoms with Crippen molar-refractivity contribution >= 4 is 28.6 Å². The molecule has 1 aliphatic carbocycles. The van der Waals surface area contributed by atoms with Crippen LogP contribution >= 0.6 is 11.6 Å². The summed E-state index contributed by atoms with van der Waals surface area (Å²) in [6.07, 6.45) is 2.70. The van der Waals surface area contributed by atoms with Crippen LogP contribution in [0, 0.1) is 12.7 Å². The molecule has 6 atom stereocenters. The van der Waals surface area contributed by atoms with Crippen LogP contribution in [0.4, 0.5) is 10.3 Å². The van der Waals surface area contributed by atoms with E-state index in [2.05, 4.69) is 20.3 Å². The van der Waals surface area contributed by atoms with Gasteiger partial charge < -0.3 is 29.6 Å². The van der Waals surface area contributed by atoms with Crippen LogP contribution in [0.25, 0.3) is 22.3 Å². The van der Waals surface area contributed by atoms with E-state index < -0.39 is 23.8 Å². The first-order chi connectivity index (χ1) is 16.7. The Kier molecular flexibility index (Phi) is 5.50. The van der Waals surface area contributed by atoms with E-state index >= 15 is 4.39 Å². The molecule has 1 aromatic carbocycles. The number of nitrogens with one attached hydrogen (secondary N) is 1. The highest BCUT2D eigenvalue weighted by atomic mass is 35.5. The van der Waals surface area contributed by atoms with Gasteiger partial charge in [-0.1, -0.05) is 11.6 Å². The summed E-state index contributed by atoms with van der Waals surface area (Å²) in [5, 5.41) is 24.9. The number of hydrogen-bond acceptors (Lipinski definition) is 8. The molecule has 9 nitrogen and oxygen atoms in total. The van der Waals surface area contributed by atoms with Crippen molar-refractivity contribution in [3.05, 3.63) is 35.0 Å². The largest absolute Gasteiger partial charge is 0.388 e. The van der Waals surface area contributed by atoms with E-state index in [1.807, 2.05) is 24.5 Å². The van der Waals surface area contributed by atoms with Gasteiger partial charge in [0.2, 0.25) is 5.95 Å². The molecule has 0 radical (unpaired) electrons. The van der Waals surface area contributed by atoms with E-state index in [1.54, 1.807) is 0 Å². The van der Waals surface area contributed by atoms with Gasteiger partial charge in [-0.25, -0.2) is 19.3 Å². The van der Waals surface area contributed by atoms with Crippen molar-refractivity contribution < 1.29 is 24.1 Å². The van der Waals surface area contributed by atoms with Gasteiger partial charge in [-0.3, -0.25) is 0 Å². The number of fused-ring (bicyclic) bond motifs is 3. The number of imidazole rings is 1. The summed E-state index contributed by atoms with van der Waals surface area (Å²) in [5.41, 5.74) is 0.762. The van der Waals surface area contributed by atoms with E-state index in [-0.39, 0.29) is 34.7 Å².